The molecule has 5 rings (SSSR count). The third kappa shape index (κ3) is 9.78. The minimum absolute atomic E-state index is 0.0272. The zero-order chi connectivity index (χ0) is 44.0. The van der Waals surface area contributed by atoms with Gasteiger partial charge in [-0.05, 0) is 87.4 Å². The number of hydrogen-bond acceptors (Lipinski definition) is 9. The van der Waals surface area contributed by atoms with Crippen LogP contribution in [0.25, 0.3) is 33.2 Å². The Kier molecular flexibility index (Phi) is 14.7. The number of aromatic nitrogens is 4. The van der Waals surface area contributed by atoms with Gasteiger partial charge in [-0.1, -0.05) is 40.0 Å². The van der Waals surface area contributed by atoms with E-state index in [4.69, 9.17) is 19.4 Å². The number of amides is 1. The van der Waals surface area contributed by atoms with Crippen molar-refractivity contribution < 1.29 is 48.8 Å². The van der Waals surface area contributed by atoms with E-state index in [1.807, 2.05) is 40.7 Å². The monoisotopic (exact) mass is 827 g/mol. The second-order valence-corrected chi connectivity index (χ2v) is 15.7. The number of nitrogens with one attached hydrogen (secondary N) is 3. The van der Waals surface area contributed by atoms with Gasteiger partial charge >= 0.3 is 23.9 Å². The maximum atomic E-state index is 14.3. The third-order valence-electron chi connectivity index (χ3n) is 11.7. The zero-order valence-corrected chi connectivity index (χ0v) is 35.7. The van der Waals surface area contributed by atoms with E-state index in [9.17, 15) is 39.3 Å². The summed E-state index contributed by atoms with van der Waals surface area (Å²) in [6, 6.07) is 4.02. The van der Waals surface area contributed by atoms with Gasteiger partial charge in [0.15, 0.2) is 0 Å². The number of fused-ring (bicyclic) bond motifs is 8. The summed E-state index contributed by atoms with van der Waals surface area (Å²) in [6.07, 6.45) is 3.32. The molecule has 1 amide bonds. The number of carboxylic acid groups (broad SMARTS) is 3. The Labute approximate surface area is 349 Å². The van der Waals surface area contributed by atoms with Crippen LogP contribution in [0, 0.1) is 13.8 Å². The molecule has 0 aliphatic carbocycles. The van der Waals surface area contributed by atoms with E-state index in [2.05, 4.69) is 28.3 Å². The number of aryl methyl sites for hydroxylation is 3. The van der Waals surface area contributed by atoms with E-state index in [-0.39, 0.29) is 41.7 Å². The first kappa shape index (κ1) is 45.3. The number of aromatic amines is 2. The van der Waals surface area contributed by atoms with Crippen LogP contribution in [-0.4, -0.2) is 84.8 Å². The van der Waals surface area contributed by atoms with Crippen LogP contribution in [0.2, 0.25) is 0 Å². The number of ether oxygens (including phenoxy) is 2. The van der Waals surface area contributed by atoms with Crippen LogP contribution in [-0.2, 0) is 46.3 Å². The second kappa shape index (κ2) is 19.5. The highest BCUT2D eigenvalue weighted by Gasteiger charge is 2.37. The highest BCUT2D eigenvalue weighted by Crippen LogP contribution is 2.44. The molecule has 8 bridgehead atoms. The summed E-state index contributed by atoms with van der Waals surface area (Å²) in [5, 5.41) is 31.5. The molecule has 4 atom stereocenters. The van der Waals surface area contributed by atoms with Crippen LogP contribution < -0.4 is 5.32 Å². The fourth-order valence-electron chi connectivity index (χ4n) is 8.35. The highest BCUT2D eigenvalue weighted by atomic mass is 16.5. The summed E-state index contributed by atoms with van der Waals surface area (Å²) in [6.45, 7) is 14.5. The van der Waals surface area contributed by atoms with Crippen molar-refractivity contribution in [1.29, 1.82) is 0 Å². The first-order chi connectivity index (χ1) is 28.5. The van der Waals surface area contributed by atoms with Gasteiger partial charge in [-0.15, -0.1) is 0 Å². The molecule has 0 saturated heterocycles. The molecule has 15 heteroatoms. The maximum absolute atomic E-state index is 14.3. The smallest absolute Gasteiger partial charge is 0.326 e. The number of esters is 1. The number of methoxy groups -OCH3 is 1. The van der Waals surface area contributed by atoms with Crippen LogP contribution in [0.5, 0.6) is 0 Å². The van der Waals surface area contributed by atoms with Crippen molar-refractivity contribution >= 4 is 63.0 Å². The van der Waals surface area contributed by atoms with Crippen molar-refractivity contribution in [2.75, 3.05) is 13.7 Å². The highest BCUT2D eigenvalue weighted by molar-refractivity contribution is 6.28. The number of H-pyrrole nitrogens is 2. The first-order valence-electron chi connectivity index (χ1n) is 20.6. The minimum atomic E-state index is -1.78. The number of carboxylic acids is 3. The summed E-state index contributed by atoms with van der Waals surface area (Å²) in [5.41, 5.74) is 8.90. The van der Waals surface area contributed by atoms with Crippen LogP contribution in [0.1, 0.15) is 148 Å². The topological polar surface area (TPSA) is 234 Å². The van der Waals surface area contributed by atoms with Crippen molar-refractivity contribution in [3.05, 3.63) is 68.8 Å². The molecule has 0 fully saturated rings. The Morgan fingerprint density at radius 1 is 0.867 bits per heavy atom. The molecule has 2 aliphatic heterocycles. The molecule has 0 saturated carbocycles. The number of hydrogen-bond donors (Lipinski definition) is 6. The van der Waals surface area contributed by atoms with Gasteiger partial charge in [0, 0.05) is 63.8 Å². The van der Waals surface area contributed by atoms with Crippen LogP contribution in [0.4, 0.5) is 0 Å². The standard InChI is InChI=1S/C45H57N5O10/c1-9-11-12-13-16-60-26(7)40-24(5)32-18-31-23(4)28(14-15-37(51)52)42(48-31)29(17-39(55)59-8)43-41(44(56)50-36(45(57)58)21-38(53)54)25(6)33(49-43)19-34-27(10-2)22(3)30(46-34)20-35(40)47-32/h18-20,23,26,28,36,46-47H,9-17,21H2,1-8H3,(H,50,56)(H,51,52)(H,53,54)(H,57,58)/t23-,26?,28-,36-/m0/s1. The normalized spacial score (nSPS) is 16.1. The quantitative estimate of drug-likeness (QED) is 0.0538. The summed E-state index contributed by atoms with van der Waals surface area (Å²) < 4.78 is 11.6. The third-order valence-corrected chi connectivity index (χ3v) is 11.7. The van der Waals surface area contributed by atoms with Crippen molar-refractivity contribution in [2.45, 2.75) is 130 Å². The molecule has 15 nitrogen and oxygen atoms in total. The molecular formula is C45H57N5O10. The molecule has 6 N–H and O–H groups in total. The lowest BCUT2D eigenvalue weighted by molar-refractivity contribution is -0.146. The molecule has 3 aromatic heterocycles. The van der Waals surface area contributed by atoms with Crippen molar-refractivity contribution in [2.24, 2.45) is 0 Å². The molecule has 0 radical (unpaired) electrons. The van der Waals surface area contributed by atoms with E-state index in [0.29, 0.717) is 35.7 Å². The van der Waals surface area contributed by atoms with E-state index in [1.165, 1.54) is 7.11 Å². The summed E-state index contributed by atoms with van der Waals surface area (Å²) in [5.74, 6) is -6.50. The van der Waals surface area contributed by atoms with E-state index in [1.54, 1.807) is 13.0 Å². The zero-order valence-electron chi connectivity index (χ0n) is 35.7. The van der Waals surface area contributed by atoms with Gasteiger partial charge in [-0.25, -0.2) is 9.78 Å². The molecule has 322 valence electrons. The number of rotatable bonds is 18. The fourth-order valence-corrected chi connectivity index (χ4v) is 8.35. The van der Waals surface area contributed by atoms with Crippen molar-refractivity contribution in [1.82, 2.24) is 25.3 Å². The van der Waals surface area contributed by atoms with Crippen LogP contribution in [0.3, 0.4) is 0 Å². The molecule has 5 heterocycles. The van der Waals surface area contributed by atoms with Crippen LogP contribution in [0.15, 0.2) is 18.2 Å². The number of unbranched alkanes of at least 4 members (excludes halogenated alkanes) is 3. The molecule has 60 heavy (non-hydrogen) atoms. The molecular weight excluding hydrogens is 771 g/mol. The predicted octanol–water partition coefficient (Wildman–Crippen LogP) is 7.59. The second-order valence-electron chi connectivity index (χ2n) is 15.7. The maximum Gasteiger partial charge on any atom is 0.326 e. The average molecular weight is 828 g/mol. The Balaban J connectivity index is 1.93. The Morgan fingerprint density at radius 2 is 1.57 bits per heavy atom. The minimum Gasteiger partial charge on any atom is -0.481 e. The first-order valence-corrected chi connectivity index (χ1v) is 20.6. The molecule has 3 aromatic rings. The van der Waals surface area contributed by atoms with Gasteiger partial charge in [-0.3, -0.25) is 24.2 Å². The van der Waals surface area contributed by atoms with Gasteiger partial charge in [-0.2, -0.15) is 0 Å². The van der Waals surface area contributed by atoms with E-state index >= 15 is 0 Å². The summed E-state index contributed by atoms with van der Waals surface area (Å²) in [7, 11) is 1.22. The summed E-state index contributed by atoms with van der Waals surface area (Å²) in [4.78, 5) is 80.6. The largest absolute Gasteiger partial charge is 0.481 e. The summed E-state index contributed by atoms with van der Waals surface area (Å²) >= 11 is 0. The van der Waals surface area contributed by atoms with E-state index in [0.717, 1.165) is 70.0 Å². The SMILES string of the molecule is CCCCCCOC(C)c1c(C)c2cc3nc(c(CC(=O)OC)c4nc(cc5[nH]c(cc1[nH]2)c(C)c5CC)C(C)=C4C(=O)N[C@@H](CC(=O)O)C(=O)O)[C@@H](CCC(=O)O)[C@@H]3C. The Hall–Kier alpha value is -5.83. The van der Waals surface area contributed by atoms with Gasteiger partial charge in [0.1, 0.15) is 6.04 Å². The number of nitrogens with zero attached hydrogens (tertiary/aromatic N) is 2. The Bertz CT molecular complexity index is 2370. The molecule has 1 unspecified atom stereocenters. The lowest BCUT2D eigenvalue weighted by Crippen LogP contribution is -2.42. The van der Waals surface area contributed by atoms with Gasteiger partial charge in [0.25, 0.3) is 5.91 Å². The lowest BCUT2D eigenvalue weighted by atomic mass is 9.84. The van der Waals surface area contributed by atoms with Gasteiger partial charge in [0.2, 0.25) is 0 Å². The number of carbonyl (C=O) groups is 5. The Morgan fingerprint density at radius 3 is 2.20 bits per heavy atom. The predicted molar refractivity (Wildman–Crippen MR) is 226 cm³/mol. The average Bonchev–Trinajstić information content (AvgIpc) is 3.88. The van der Waals surface area contributed by atoms with Crippen LogP contribution >= 0.6 is 0 Å². The number of allylic oxidation sites excluding steroid dienone is 1. The molecule has 0 aromatic carbocycles. The lowest BCUT2D eigenvalue weighted by Gasteiger charge is -2.19. The van der Waals surface area contributed by atoms with Crippen molar-refractivity contribution in [3.63, 3.8) is 0 Å². The van der Waals surface area contributed by atoms with Gasteiger partial charge < -0.3 is 40.1 Å². The fraction of sp³-hybridized carbons (Fsp3) is 0.489. The molecule has 2 aliphatic rings. The van der Waals surface area contributed by atoms with Gasteiger partial charge in [0.05, 0.1) is 48.7 Å². The number of carbonyl (C=O) groups excluding carboxylic acids is 2. The van der Waals surface area contributed by atoms with Crippen molar-refractivity contribution in [3.8, 4) is 0 Å². The van der Waals surface area contributed by atoms with E-state index < -0.39 is 54.6 Å². The number of aliphatic carboxylic acids is 3. The molecule has 0 spiro atoms.